The molecule has 0 unspecified atom stereocenters. The SMILES string of the molecule is CC1(C)OB(c2cccc(-c3nc(-c4cccc5ccccc45)nc(-c4cccc5ccccc45)n3)c2)OC1(C)C. The summed E-state index contributed by atoms with van der Waals surface area (Å²) in [5, 5.41) is 4.48. The van der Waals surface area contributed by atoms with Crippen LogP contribution in [0.2, 0.25) is 0 Å². The fourth-order valence-corrected chi connectivity index (χ4v) is 5.39. The normalized spacial score (nSPS) is 16.0. The highest BCUT2D eigenvalue weighted by Gasteiger charge is 2.51. The zero-order valence-electron chi connectivity index (χ0n) is 23.6. The third-order valence-electron chi connectivity index (χ3n) is 8.37. The van der Waals surface area contributed by atoms with Crippen LogP contribution in [0.3, 0.4) is 0 Å². The summed E-state index contributed by atoms with van der Waals surface area (Å²) in [4.78, 5) is 15.2. The van der Waals surface area contributed by atoms with Gasteiger partial charge in [0.1, 0.15) is 0 Å². The van der Waals surface area contributed by atoms with Crippen LogP contribution in [0.5, 0.6) is 0 Å². The lowest BCUT2D eigenvalue weighted by Gasteiger charge is -2.32. The maximum absolute atomic E-state index is 6.35. The molecule has 1 saturated heterocycles. The highest BCUT2D eigenvalue weighted by molar-refractivity contribution is 6.62. The van der Waals surface area contributed by atoms with Gasteiger partial charge in [0.05, 0.1) is 11.2 Å². The van der Waals surface area contributed by atoms with E-state index in [1.807, 2.05) is 42.5 Å². The fourth-order valence-electron chi connectivity index (χ4n) is 5.39. The van der Waals surface area contributed by atoms with E-state index in [1.54, 1.807) is 0 Å². The van der Waals surface area contributed by atoms with Crippen LogP contribution in [0.25, 0.3) is 55.7 Å². The minimum Gasteiger partial charge on any atom is -0.399 e. The molecule has 6 aromatic rings. The summed E-state index contributed by atoms with van der Waals surface area (Å²) in [6, 6.07) is 37.3. The van der Waals surface area contributed by atoms with E-state index in [1.165, 1.54) is 0 Å². The van der Waals surface area contributed by atoms with Gasteiger partial charge in [-0.05, 0) is 54.7 Å². The Balaban J connectivity index is 1.42. The van der Waals surface area contributed by atoms with E-state index >= 15 is 0 Å². The summed E-state index contributed by atoms with van der Waals surface area (Å²) in [5.74, 6) is 1.87. The van der Waals surface area contributed by atoms with E-state index < -0.39 is 18.3 Å². The molecule has 1 aliphatic rings. The number of nitrogens with zero attached hydrogens (tertiary/aromatic N) is 3. The second-order valence-corrected chi connectivity index (χ2v) is 11.6. The molecule has 41 heavy (non-hydrogen) atoms. The predicted molar refractivity (Wildman–Crippen MR) is 167 cm³/mol. The monoisotopic (exact) mass is 535 g/mol. The number of benzene rings is 5. The van der Waals surface area contributed by atoms with Crippen molar-refractivity contribution in [1.29, 1.82) is 0 Å². The lowest BCUT2D eigenvalue weighted by molar-refractivity contribution is 0.00578. The standard InChI is InChI=1S/C35H30BN3O2/c1-34(2)35(3,4)41-36(40-34)26-17-9-16-25(22-26)31-37-32(29-20-10-14-23-12-5-7-18-27(23)29)39-33(38-31)30-21-11-15-24-13-6-8-19-28(24)30/h5-22H,1-4H3. The van der Waals surface area contributed by atoms with Gasteiger partial charge in [0.2, 0.25) is 0 Å². The third-order valence-corrected chi connectivity index (χ3v) is 8.37. The van der Waals surface area contributed by atoms with Crippen molar-refractivity contribution < 1.29 is 9.31 Å². The molecule has 5 aromatic carbocycles. The molecule has 1 fully saturated rings. The second kappa shape index (κ2) is 9.62. The molecule has 1 aromatic heterocycles. The largest absolute Gasteiger partial charge is 0.494 e. The molecular formula is C35H30BN3O2. The van der Waals surface area contributed by atoms with Crippen LogP contribution < -0.4 is 5.46 Å². The Kier molecular flexibility index (Phi) is 6.00. The zero-order chi connectivity index (χ0) is 28.2. The maximum atomic E-state index is 6.35. The highest BCUT2D eigenvalue weighted by Crippen LogP contribution is 2.37. The van der Waals surface area contributed by atoms with E-state index in [0.717, 1.165) is 43.7 Å². The van der Waals surface area contributed by atoms with Crippen LogP contribution in [0.15, 0.2) is 109 Å². The summed E-state index contributed by atoms with van der Waals surface area (Å²) in [6.07, 6.45) is 0. The number of fused-ring (bicyclic) bond motifs is 2. The van der Waals surface area contributed by atoms with Gasteiger partial charge in [-0.1, -0.05) is 109 Å². The Labute approximate surface area is 240 Å². The number of aromatic nitrogens is 3. The minimum absolute atomic E-state index is 0.427. The highest BCUT2D eigenvalue weighted by atomic mass is 16.7. The van der Waals surface area contributed by atoms with E-state index in [2.05, 4.69) is 94.4 Å². The van der Waals surface area contributed by atoms with E-state index in [0.29, 0.717) is 17.5 Å². The first-order valence-corrected chi connectivity index (χ1v) is 14.0. The molecule has 0 bridgehead atoms. The molecule has 0 N–H and O–H groups in total. The Hall–Kier alpha value is -4.39. The summed E-state index contributed by atoms with van der Waals surface area (Å²) in [6.45, 7) is 8.26. The van der Waals surface area contributed by atoms with Crippen molar-refractivity contribution in [3.63, 3.8) is 0 Å². The predicted octanol–water partition coefficient (Wildman–Crippen LogP) is 7.48. The van der Waals surface area contributed by atoms with Gasteiger partial charge in [-0.25, -0.2) is 15.0 Å². The van der Waals surface area contributed by atoms with Gasteiger partial charge >= 0.3 is 7.12 Å². The molecule has 2 heterocycles. The van der Waals surface area contributed by atoms with Crippen molar-refractivity contribution in [2.45, 2.75) is 38.9 Å². The summed E-state index contributed by atoms with van der Waals surface area (Å²) in [5.41, 5.74) is 2.89. The van der Waals surface area contributed by atoms with Crippen molar-refractivity contribution in [3.8, 4) is 34.2 Å². The molecule has 0 spiro atoms. The van der Waals surface area contributed by atoms with Gasteiger partial charge in [0.25, 0.3) is 0 Å². The van der Waals surface area contributed by atoms with Crippen LogP contribution in [0, 0.1) is 0 Å². The molecule has 0 atom stereocenters. The Morgan fingerprint density at radius 1 is 0.512 bits per heavy atom. The third kappa shape index (κ3) is 4.50. The first-order chi connectivity index (χ1) is 19.8. The quantitative estimate of drug-likeness (QED) is 0.219. The van der Waals surface area contributed by atoms with E-state index in [9.17, 15) is 0 Å². The smallest absolute Gasteiger partial charge is 0.399 e. The lowest BCUT2D eigenvalue weighted by atomic mass is 9.78. The molecule has 0 amide bonds. The van der Waals surface area contributed by atoms with Gasteiger partial charge in [-0.3, -0.25) is 0 Å². The number of hydrogen-bond acceptors (Lipinski definition) is 5. The van der Waals surface area contributed by atoms with Crippen molar-refractivity contribution in [1.82, 2.24) is 15.0 Å². The van der Waals surface area contributed by atoms with Crippen molar-refractivity contribution >= 4 is 34.1 Å². The van der Waals surface area contributed by atoms with Gasteiger partial charge in [-0.2, -0.15) is 0 Å². The Morgan fingerprint density at radius 3 is 1.54 bits per heavy atom. The maximum Gasteiger partial charge on any atom is 0.494 e. The molecule has 7 rings (SSSR count). The Bertz CT molecular complexity index is 1810. The fraction of sp³-hybridized carbons (Fsp3) is 0.171. The average Bonchev–Trinajstić information content (AvgIpc) is 3.22. The van der Waals surface area contributed by atoms with Crippen molar-refractivity contribution in [2.24, 2.45) is 0 Å². The summed E-state index contributed by atoms with van der Waals surface area (Å²) < 4.78 is 12.7. The van der Waals surface area contributed by atoms with Crippen LogP contribution in [0.4, 0.5) is 0 Å². The molecule has 6 heteroatoms. The summed E-state index contributed by atoms with van der Waals surface area (Å²) in [7, 11) is -0.475. The number of hydrogen-bond donors (Lipinski definition) is 0. The van der Waals surface area contributed by atoms with E-state index in [-0.39, 0.29) is 0 Å². The van der Waals surface area contributed by atoms with Crippen molar-refractivity contribution in [2.75, 3.05) is 0 Å². The number of rotatable bonds is 4. The molecule has 0 saturated carbocycles. The van der Waals surface area contributed by atoms with Gasteiger partial charge in [0.15, 0.2) is 17.5 Å². The molecule has 200 valence electrons. The van der Waals surface area contributed by atoms with Crippen LogP contribution in [0.1, 0.15) is 27.7 Å². The molecule has 0 radical (unpaired) electrons. The first kappa shape index (κ1) is 25.6. The zero-order valence-corrected chi connectivity index (χ0v) is 23.6. The second-order valence-electron chi connectivity index (χ2n) is 11.6. The lowest BCUT2D eigenvalue weighted by Crippen LogP contribution is -2.41. The molecule has 1 aliphatic heterocycles. The van der Waals surface area contributed by atoms with Crippen LogP contribution >= 0.6 is 0 Å². The van der Waals surface area contributed by atoms with Gasteiger partial charge in [0, 0.05) is 16.7 Å². The van der Waals surface area contributed by atoms with E-state index in [4.69, 9.17) is 24.3 Å². The van der Waals surface area contributed by atoms with Gasteiger partial charge < -0.3 is 9.31 Å². The van der Waals surface area contributed by atoms with Crippen LogP contribution in [-0.4, -0.2) is 33.3 Å². The Morgan fingerprint density at radius 2 is 0.976 bits per heavy atom. The average molecular weight is 535 g/mol. The summed E-state index contributed by atoms with van der Waals surface area (Å²) >= 11 is 0. The first-order valence-electron chi connectivity index (χ1n) is 14.0. The minimum atomic E-state index is -0.475. The van der Waals surface area contributed by atoms with Gasteiger partial charge in [-0.15, -0.1) is 0 Å². The molecular weight excluding hydrogens is 505 g/mol. The van der Waals surface area contributed by atoms with Crippen molar-refractivity contribution in [3.05, 3.63) is 109 Å². The topological polar surface area (TPSA) is 57.1 Å². The molecule has 5 nitrogen and oxygen atoms in total. The van der Waals surface area contributed by atoms with Crippen LogP contribution in [-0.2, 0) is 9.31 Å². The molecule has 0 aliphatic carbocycles.